The van der Waals surface area contributed by atoms with Gasteiger partial charge in [0.2, 0.25) is 0 Å². The van der Waals surface area contributed by atoms with Gasteiger partial charge in [-0.25, -0.2) is 0 Å². The lowest BCUT2D eigenvalue weighted by Crippen LogP contribution is -2.26. The monoisotopic (exact) mass is 347 g/mol. The summed E-state index contributed by atoms with van der Waals surface area (Å²) in [6.45, 7) is 8.75. The summed E-state index contributed by atoms with van der Waals surface area (Å²) in [5, 5.41) is 4.96. The molecule has 24 heavy (non-hydrogen) atoms. The first kappa shape index (κ1) is 18.3. The van der Waals surface area contributed by atoms with Crippen LogP contribution in [-0.2, 0) is 0 Å². The summed E-state index contributed by atoms with van der Waals surface area (Å²) >= 11 is 1.46. The minimum absolute atomic E-state index is 0.0471. The lowest BCUT2D eigenvalue weighted by Gasteiger charge is -2.17. The summed E-state index contributed by atoms with van der Waals surface area (Å²) in [5.41, 5.74) is 1.98. The van der Waals surface area contributed by atoms with E-state index in [1.165, 1.54) is 11.3 Å². The third kappa shape index (κ3) is 4.51. The SMILES string of the molecule is COc1cc(C(C)NC(=O)c2sccc2C)ccc1OCC(C)C. The molecule has 0 saturated heterocycles. The number of benzene rings is 1. The highest BCUT2D eigenvalue weighted by atomic mass is 32.1. The van der Waals surface area contributed by atoms with Crippen molar-refractivity contribution in [2.75, 3.05) is 13.7 Å². The second-order valence-corrected chi connectivity index (χ2v) is 7.16. The molecule has 1 unspecified atom stereocenters. The van der Waals surface area contributed by atoms with Crippen molar-refractivity contribution in [3.63, 3.8) is 0 Å². The van der Waals surface area contributed by atoms with Crippen molar-refractivity contribution >= 4 is 17.2 Å². The molecule has 4 nitrogen and oxygen atoms in total. The van der Waals surface area contributed by atoms with Crippen molar-refractivity contribution in [2.45, 2.75) is 33.7 Å². The third-order valence-corrected chi connectivity index (χ3v) is 4.69. The molecular weight excluding hydrogens is 322 g/mol. The molecule has 0 radical (unpaired) electrons. The molecule has 1 N–H and O–H groups in total. The highest BCUT2D eigenvalue weighted by molar-refractivity contribution is 7.12. The minimum atomic E-state index is -0.118. The van der Waals surface area contributed by atoms with Crippen LogP contribution in [0.15, 0.2) is 29.6 Å². The summed E-state index contributed by atoms with van der Waals surface area (Å²) < 4.78 is 11.2. The third-order valence-electron chi connectivity index (χ3n) is 3.68. The van der Waals surface area contributed by atoms with Crippen LogP contribution >= 0.6 is 11.3 Å². The number of amides is 1. The van der Waals surface area contributed by atoms with E-state index in [1.807, 2.05) is 43.5 Å². The number of methoxy groups -OCH3 is 1. The lowest BCUT2D eigenvalue weighted by molar-refractivity contribution is 0.0943. The van der Waals surface area contributed by atoms with E-state index >= 15 is 0 Å². The molecule has 0 aliphatic rings. The number of ether oxygens (including phenoxy) is 2. The van der Waals surface area contributed by atoms with Gasteiger partial charge in [0.15, 0.2) is 11.5 Å². The number of carbonyl (C=O) groups excluding carboxylic acids is 1. The second-order valence-electron chi connectivity index (χ2n) is 6.24. The Bertz CT molecular complexity index is 694. The fourth-order valence-electron chi connectivity index (χ4n) is 2.28. The fourth-order valence-corrected chi connectivity index (χ4v) is 3.11. The average molecular weight is 347 g/mol. The van der Waals surface area contributed by atoms with Gasteiger partial charge >= 0.3 is 0 Å². The Labute approximate surface area is 147 Å². The first-order valence-corrected chi connectivity index (χ1v) is 8.96. The largest absolute Gasteiger partial charge is 0.493 e. The molecule has 5 heteroatoms. The molecule has 1 aromatic carbocycles. The van der Waals surface area contributed by atoms with Crippen molar-refractivity contribution in [3.05, 3.63) is 45.6 Å². The Morgan fingerprint density at radius 1 is 1.21 bits per heavy atom. The Hall–Kier alpha value is -2.01. The van der Waals surface area contributed by atoms with Gasteiger partial charge in [0.25, 0.3) is 5.91 Å². The van der Waals surface area contributed by atoms with Gasteiger partial charge in [-0.2, -0.15) is 0 Å². The minimum Gasteiger partial charge on any atom is -0.493 e. The van der Waals surface area contributed by atoms with Gasteiger partial charge in [0, 0.05) is 0 Å². The van der Waals surface area contributed by atoms with Crippen molar-refractivity contribution in [1.82, 2.24) is 5.32 Å². The van der Waals surface area contributed by atoms with Gasteiger partial charge in [-0.15, -0.1) is 11.3 Å². The normalized spacial score (nSPS) is 12.1. The molecule has 1 amide bonds. The van der Waals surface area contributed by atoms with Crippen molar-refractivity contribution < 1.29 is 14.3 Å². The predicted molar refractivity (Wildman–Crippen MR) is 98.3 cm³/mol. The molecule has 1 atom stereocenters. The Morgan fingerprint density at radius 2 is 1.96 bits per heavy atom. The van der Waals surface area contributed by atoms with Gasteiger partial charge in [0.05, 0.1) is 24.6 Å². The number of carbonyl (C=O) groups is 1. The van der Waals surface area contributed by atoms with E-state index in [2.05, 4.69) is 19.2 Å². The number of hydrogen-bond donors (Lipinski definition) is 1. The highest BCUT2D eigenvalue weighted by Gasteiger charge is 2.16. The number of thiophene rings is 1. The number of aryl methyl sites for hydroxylation is 1. The molecule has 0 bridgehead atoms. The van der Waals surface area contributed by atoms with Crippen LogP contribution in [0, 0.1) is 12.8 Å². The number of rotatable bonds is 7. The van der Waals surface area contributed by atoms with E-state index in [0.29, 0.717) is 18.3 Å². The fraction of sp³-hybridized carbons (Fsp3) is 0.421. The van der Waals surface area contributed by atoms with Crippen LogP contribution < -0.4 is 14.8 Å². The van der Waals surface area contributed by atoms with Crippen molar-refractivity contribution in [3.8, 4) is 11.5 Å². The molecule has 0 fully saturated rings. The maximum absolute atomic E-state index is 12.4. The molecule has 0 saturated carbocycles. The summed E-state index contributed by atoms with van der Waals surface area (Å²) in [5.74, 6) is 1.81. The van der Waals surface area contributed by atoms with Crippen molar-refractivity contribution in [1.29, 1.82) is 0 Å². The number of hydrogen-bond acceptors (Lipinski definition) is 4. The van der Waals surface area contributed by atoms with Gasteiger partial charge in [-0.05, 0) is 54.5 Å². The molecule has 2 aromatic rings. The zero-order chi connectivity index (χ0) is 17.7. The van der Waals surface area contributed by atoms with E-state index in [-0.39, 0.29) is 11.9 Å². The zero-order valence-corrected chi connectivity index (χ0v) is 15.7. The van der Waals surface area contributed by atoms with Crippen LogP contribution in [-0.4, -0.2) is 19.6 Å². The topological polar surface area (TPSA) is 47.6 Å². The molecule has 1 aromatic heterocycles. The summed E-state index contributed by atoms with van der Waals surface area (Å²) in [7, 11) is 1.62. The van der Waals surface area contributed by atoms with Crippen LogP contribution in [0.3, 0.4) is 0 Å². The van der Waals surface area contributed by atoms with Crippen LogP contribution in [0.4, 0.5) is 0 Å². The van der Waals surface area contributed by atoms with Gasteiger partial charge in [-0.1, -0.05) is 19.9 Å². The summed E-state index contributed by atoms with van der Waals surface area (Å²) in [6, 6.07) is 7.61. The summed E-state index contributed by atoms with van der Waals surface area (Å²) in [6.07, 6.45) is 0. The van der Waals surface area contributed by atoms with Crippen LogP contribution in [0.2, 0.25) is 0 Å². The van der Waals surface area contributed by atoms with Gasteiger partial charge in [0.1, 0.15) is 0 Å². The van der Waals surface area contributed by atoms with Gasteiger partial charge < -0.3 is 14.8 Å². The lowest BCUT2D eigenvalue weighted by atomic mass is 10.1. The molecule has 1 heterocycles. The maximum atomic E-state index is 12.4. The molecule has 0 aliphatic carbocycles. The first-order valence-electron chi connectivity index (χ1n) is 8.08. The molecule has 2 rings (SSSR count). The zero-order valence-electron chi connectivity index (χ0n) is 14.9. The smallest absolute Gasteiger partial charge is 0.262 e. The maximum Gasteiger partial charge on any atom is 0.262 e. The van der Waals surface area contributed by atoms with E-state index in [9.17, 15) is 4.79 Å². The first-order chi connectivity index (χ1) is 11.4. The van der Waals surface area contributed by atoms with E-state index in [1.54, 1.807) is 7.11 Å². The number of nitrogens with one attached hydrogen (secondary N) is 1. The Kier molecular flexibility index (Phi) is 6.26. The molecular formula is C19H25NO3S. The van der Waals surface area contributed by atoms with Crippen molar-refractivity contribution in [2.24, 2.45) is 5.92 Å². The van der Waals surface area contributed by atoms with E-state index < -0.39 is 0 Å². The average Bonchev–Trinajstić information content (AvgIpc) is 2.98. The Morgan fingerprint density at radius 3 is 2.54 bits per heavy atom. The van der Waals surface area contributed by atoms with Gasteiger partial charge in [-0.3, -0.25) is 4.79 Å². The highest BCUT2D eigenvalue weighted by Crippen LogP contribution is 2.31. The molecule has 130 valence electrons. The van der Waals surface area contributed by atoms with Crippen LogP contribution in [0.25, 0.3) is 0 Å². The molecule has 0 aliphatic heterocycles. The quantitative estimate of drug-likeness (QED) is 0.797. The van der Waals surface area contributed by atoms with E-state index in [4.69, 9.17) is 9.47 Å². The predicted octanol–water partition coefficient (Wildman–Crippen LogP) is 4.59. The van der Waals surface area contributed by atoms with Crippen LogP contribution in [0.1, 0.15) is 47.6 Å². The standard InChI is InChI=1S/C19H25NO3S/c1-12(2)11-23-16-7-6-15(10-17(16)22-5)14(4)20-19(21)18-13(3)8-9-24-18/h6-10,12,14H,11H2,1-5H3,(H,20,21). The van der Waals surface area contributed by atoms with Crippen LogP contribution in [0.5, 0.6) is 11.5 Å². The molecule has 0 spiro atoms. The van der Waals surface area contributed by atoms with E-state index in [0.717, 1.165) is 21.8 Å². The Balaban J connectivity index is 2.10. The second kappa shape index (κ2) is 8.20. The summed E-state index contributed by atoms with van der Waals surface area (Å²) in [4.78, 5) is 13.1.